The lowest BCUT2D eigenvalue weighted by Gasteiger charge is -2.20. The summed E-state index contributed by atoms with van der Waals surface area (Å²) in [7, 11) is 1.31. The Labute approximate surface area is 103 Å². The van der Waals surface area contributed by atoms with Crippen LogP contribution in [0.15, 0.2) is 0 Å². The van der Waals surface area contributed by atoms with E-state index in [-0.39, 0.29) is 17.9 Å². The van der Waals surface area contributed by atoms with Gasteiger partial charge in [0.15, 0.2) is 0 Å². The fourth-order valence-corrected chi connectivity index (χ4v) is 1.01. The van der Waals surface area contributed by atoms with Gasteiger partial charge in [0.1, 0.15) is 6.04 Å². The van der Waals surface area contributed by atoms with Gasteiger partial charge >= 0.3 is 5.97 Å². The Bertz CT molecular complexity index is 226. The standard InChI is InChI=1S/C7H16N2O.C4H9NO2/c1-4-9(5-2)7(10)6(3)8;1-3(5)4(6)7-2/h6H,4-5,8H2,1-3H3;3H,5H2,1-2H3/t;3-/m.0/s1. The monoisotopic (exact) mass is 247 g/mol. The van der Waals surface area contributed by atoms with Crippen molar-refractivity contribution in [2.75, 3.05) is 20.2 Å². The lowest BCUT2D eigenvalue weighted by Crippen LogP contribution is -2.41. The molecule has 17 heavy (non-hydrogen) atoms. The molecule has 102 valence electrons. The third-order valence-corrected chi connectivity index (χ3v) is 2.04. The first-order valence-corrected chi connectivity index (χ1v) is 5.69. The SMILES string of the molecule is CCN(CC)C(=O)C(C)N.COC(=O)[C@H](C)N. The summed E-state index contributed by atoms with van der Waals surface area (Å²) >= 11 is 0. The van der Waals surface area contributed by atoms with Crippen molar-refractivity contribution in [1.29, 1.82) is 0 Å². The average Bonchev–Trinajstić information content (AvgIpc) is 2.29. The van der Waals surface area contributed by atoms with Gasteiger partial charge in [0, 0.05) is 13.1 Å². The van der Waals surface area contributed by atoms with Crippen molar-refractivity contribution in [2.24, 2.45) is 11.5 Å². The Morgan fingerprint density at radius 3 is 1.59 bits per heavy atom. The highest BCUT2D eigenvalue weighted by atomic mass is 16.5. The molecule has 0 aromatic carbocycles. The van der Waals surface area contributed by atoms with E-state index in [2.05, 4.69) is 4.74 Å². The van der Waals surface area contributed by atoms with Gasteiger partial charge in [0.25, 0.3) is 0 Å². The fraction of sp³-hybridized carbons (Fsp3) is 0.818. The normalized spacial score (nSPS) is 12.9. The molecular weight excluding hydrogens is 222 g/mol. The summed E-state index contributed by atoms with van der Waals surface area (Å²) in [5, 5.41) is 0. The number of carbonyl (C=O) groups is 2. The Morgan fingerprint density at radius 2 is 1.53 bits per heavy atom. The van der Waals surface area contributed by atoms with Crippen molar-refractivity contribution in [2.45, 2.75) is 39.8 Å². The zero-order valence-electron chi connectivity index (χ0n) is 11.4. The van der Waals surface area contributed by atoms with Crippen LogP contribution < -0.4 is 11.5 Å². The van der Waals surface area contributed by atoms with Gasteiger partial charge < -0.3 is 21.1 Å². The summed E-state index contributed by atoms with van der Waals surface area (Å²) in [5.74, 6) is -0.343. The predicted molar refractivity (Wildman–Crippen MR) is 67.2 cm³/mol. The number of rotatable bonds is 4. The number of nitrogens with two attached hydrogens (primary N) is 2. The molecule has 6 nitrogen and oxygen atoms in total. The van der Waals surface area contributed by atoms with Crippen LogP contribution in [-0.2, 0) is 14.3 Å². The Kier molecular flexibility index (Phi) is 10.8. The zero-order valence-corrected chi connectivity index (χ0v) is 11.4. The highest BCUT2D eigenvalue weighted by Crippen LogP contribution is 1.90. The molecule has 4 N–H and O–H groups in total. The molecule has 0 spiro atoms. The van der Waals surface area contributed by atoms with Crippen molar-refractivity contribution >= 4 is 11.9 Å². The smallest absolute Gasteiger partial charge is 0.322 e. The van der Waals surface area contributed by atoms with Crippen LogP contribution in [0.5, 0.6) is 0 Å². The minimum atomic E-state index is -0.495. The van der Waals surface area contributed by atoms with Crippen LogP contribution in [0.2, 0.25) is 0 Å². The second-order valence-corrected chi connectivity index (χ2v) is 3.61. The average molecular weight is 247 g/mol. The van der Waals surface area contributed by atoms with Gasteiger partial charge in [-0.25, -0.2) is 0 Å². The first-order valence-electron chi connectivity index (χ1n) is 5.69. The Balaban J connectivity index is 0. The van der Waals surface area contributed by atoms with E-state index in [0.29, 0.717) is 0 Å². The fourth-order valence-electron chi connectivity index (χ4n) is 1.01. The third-order valence-electron chi connectivity index (χ3n) is 2.04. The largest absolute Gasteiger partial charge is 0.468 e. The molecule has 0 rings (SSSR count). The molecule has 0 saturated carbocycles. The maximum Gasteiger partial charge on any atom is 0.322 e. The van der Waals surface area contributed by atoms with Crippen molar-refractivity contribution in [3.05, 3.63) is 0 Å². The first-order chi connectivity index (χ1) is 7.81. The summed E-state index contributed by atoms with van der Waals surface area (Å²) in [6.07, 6.45) is 0. The second-order valence-electron chi connectivity index (χ2n) is 3.61. The van der Waals surface area contributed by atoms with Gasteiger partial charge in [0.2, 0.25) is 5.91 Å². The minimum Gasteiger partial charge on any atom is -0.468 e. The van der Waals surface area contributed by atoms with E-state index < -0.39 is 6.04 Å². The molecule has 0 fully saturated rings. The van der Waals surface area contributed by atoms with E-state index in [0.717, 1.165) is 13.1 Å². The first kappa shape index (κ1) is 18.2. The van der Waals surface area contributed by atoms with Gasteiger partial charge in [0.05, 0.1) is 13.2 Å². The Morgan fingerprint density at radius 1 is 1.12 bits per heavy atom. The van der Waals surface area contributed by atoms with E-state index >= 15 is 0 Å². The molecule has 0 bridgehead atoms. The van der Waals surface area contributed by atoms with Crippen LogP contribution in [0.1, 0.15) is 27.7 Å². The molecule has 1 unspecified atom stereocenters. The molecule has 2 atom stereocenters. The molecule has 0 saturated heterocycles. The lowest BCUT2D eigenvalue weighted by atomic mass is 10.3. The number of hydrogen-bond acceptors (Lipinski definition) is 5. The van der Waals surface area contributed by atoms with Crippen molar-refractivity contribution in [3.63, 3.8) is 0 Å². The van der Waals surface area contributed by atoms with Crippen LogP contribution in [0, 0.1) is 0 Å². The number of hydrogen-bond donors (Lipinski definition) is 2. The Hall–Kier alpha value is -1.14. The van der Waals surface area contributed by atoms with Crippen LogP contribution in [-0.4, -0.2) is 49.1 Å². The lowest BCUT2D eigenvalue weighted by molar-refractivity contribution is -0.141. The maximum atomic E-state index is 11.1. The summed E-state index contributed by atoms with van der Waals surface area (Å²) in [6, 6.07) is -0.857. The van der Waals surface area contributed by atoms with Gasteiger partial charge in [-0.05, 0) is 27.7 Å². The third kappa shape index (κ3) is 8.65. The number of amides is 1. The van der Waals surface area contributed by atoms with Gasteiger partial charge in [-0.3, -0.25) is 9.59 Å². The number of carbonyl (C=O) groups excluding carboxylic acids is 2. The molecule has 0 radical (unpaired) electrons. The van der Waals surface area contributed by atoms with Crippen LogP contribution in [0.25, 0.3) is 0 Å². The van der Waals surface area contributed by atoms with Gasteiger partial charge in [-0.15, -0.1) is 0 Å². The quantitative estimate of drug-likeness (QED) is 0.665. The minimum absolute atomic E-state index is 0.0324. The topological polar surface area (TPSA) is 98.6 Å². The van der Waals surface area contributed by atoms with Crippen molar-refractivity contribution < 1.29 is 14.3 Å². The number of likely N-dealkylation sites (N-methyl/N-ethyl adjacent to an activating group) is 1. The van der Waals surface area contributed by atoms with E-state index in [9.17, 15) is 9.59 Å². The predicted octanol–water partition coefficient (Wildman–Crippen LogP) is -0.291. The molecule has 0 aliphatic heterocycles. The van der Waals surface area contributed by atoms with E-state index in [1.54, 1.807) is 18.7 Å². The van der Waals surface area contributed by atoms with Crippen LogP contribution in [0.4, 0.5) is 0 Å². The molecule has 0 aliphatic rings. The maximum absolute atomic E-state index is 11.1. The van der Waals surface area contributed by atoms with Crippen LogP contribution in [0.3, 0.4) is 0 Å². The molecule has 0 heterocycles. The highest BCUT2D eigenvalue weighted by molar-refractivity contribution is 5.81. The summed E-state index contributed by atoms with van der Waals surface area (Å²) in [5.41, 5.74) is 10.5. The van der Waals surface area contributed by atoms with E-state index in [4.69, 9.17) is 11.5 Å². The summed E-state index contributed by atoms with van der Waals surface area (Å²) in [4.78, 5) is 23.0. The van der Waals surface area contributed by atoms with Crippen molar-refractivity contribution in [1.82, 2.24) is 4.90 Å². The van der Waals surface area contributed by atoms with Gasteiger partial charge in [-0.1, -0.05) is 0 Å². The molecule has 0 aliphatic carbocycles. The van der Waals surface area contributed by atoms with Gasteiger partial charge in [-0.2, -0.15) is 0 Å². The number of methoxy groups -OCH3 is 1. The van der Waals surface area contributed by atoms with Crippen molar-refractivity contribution in [3.8, 4) is 0 Å². The molecule has 0 aromatic rings. The summed E-state index contributed by atoms with van der Waals surface area (Å²) in [6.45, 7) is 8.67. The molecule has 0 aromatic heterocycles. The molecule has 1 amide bonds. The number of nitrogens with zero attached hydrogens (tertiary/aromatic N) is 1. The second kappa shape index (κ2) is 10.0. The number of ether oxygens (including phenoxy) is 1. The summed E-state index contributed by atoms with van der Waals surface area (Å²) < 4.78 is 4.25. The van der Waals surface area contributed by atoms with E-state index in [1.165, 1.54) is 7.11 Å². The number of esters is 1. The zero-order chi connectivity index (χ0) is 14.0. The van der Waals surface area contributed by atoms with E-state index in [1.807, 2.05) is 13.8 Å². The van der Waals surface area contributed by atoms with Crippen LogP contribution >= 0.6 is 0 Å². The molecular formula is C11H25N3O3. The highest BCUT2D eigenvalue weighted by Gasteiger charge is 2.12. The molecule has 6 heteroatoms.